The average molecular weight is 428 g/mol. The van der Waals surface area contributed by atoms with Crippen molar-refractivity contribution in [3.8, 4) is 5.69 Å². The SMILES string of the molecule is O=S(=O)(c1ccc(-n2cccn2)cc1)N1CCN(c2ncnc(C3CC3)c2F)CC1. The van der Waals surface area contributed by atoms with Gasteiger partial charge >= 0.3 is 0 Å². The second kappa shape index (κ2) is 7.44. The highest BCUT2D eigenvalue weighted by atomic mass is 32.2. The fraction of sp³-hybridized carbons (Fsp3) is 0.350. The van der Waals surface area contributed by atoms with Crippen LogP contribution in [0.25, 0.3) is 5.69 Å². The molecule has 0 N–H and O–H groups in total. The van der Waals surface area contributed by atoms with Gasteiger partial charge in [0.15, 0.2) is 11.6 Å². The van der Waals surface area contributed by atoms with E-state index >= 15 is 0 Å². The normalized spacial score (nSPS) is 18.0. The molecule has 2 fully saturated rings. The zero-order valence-corrected chi connectivity index (χ0v) is 17.0. The highest BCUT2D eigenvalue weighted by Crippen LogP contribution is 2.41. The van der Waals surface area contributed by atoms with Crippen molar-refractivity contribution in [3.05, 3.63) is 60.6 Å². The number of halogens is 1. The molecule has 1 aromatic carbocycles. The van der Waals surface area contributed by atoms with Crippen molar-refractivity contribution in [2.75, 3.05) is 31.1 Å². The lowest BCUT2D eigenvalue weighted by Crippen LogP contribution is -2.49. The van der Waals surface area contributed by atoms with E-state index in [1.807, 2.05) is 0 Å². The maximum absolute atomic E-state index is 14.8. The molecule has 0 radical (unpaired) electrons. The lowest BCUT2D eigenvalue weighted by molar-refractivity contribution is 0.381. The van der Waals surface area contributed by atoms with Gasteiger partial charge in [-0.1, -0.05) is 0 Å². The Morgan fingerprint density at radius 3 is 2.37 bits per heavy atom. The van der Waals surface area contributed by atoms with Crippen LogP contribution in [-0.2, 0) is 10.0 Å². The lowest BCUT2D eigenvalue weighted by Gasteiger charge is -2.34. The Labute approximate surface area is 174 Å². The second-order valence-electron chi connectivity index (χ2n) is 7.51. The number of anilines is 1. The summed E-state index contributed by atoms with van der Waals surface area (Å²) in [5, 5.41) is 4.14. The standard InChI is InChI=1S/C20H21FN6O2S/c21-18-19(15-2-3-15)22-14-23-20(18)25-10-12-26(13-11-25)30(28,29)17-6-4-16(5-7-17)27-9-1-8-24-27/h1,4-9,14-15H,2-3,10-13H2. The van der Waals surface area contributed by atoms with Gasteiger partial charge in [0.25, 0.3) is 0 Å². The molecule has 156 valence electrons. The maximum atomic E-state index is 14.8. The van der Waals surface area contributed by atoms with E-state index in [9.17, 15) is 12.8 Å². The molecule has 5 rings (SSSR count). The van der Waals surface area contributed by atoms with Gasteiger partial charge < -0.3 is 4.90 Å². The van der Waals surface area contributed by atoms with Gasteiger partial charge in [0.05, 0.1) is 16.3 Å². The molecule has 1 aliphatic heterocycles. The molecular weight excluding hydrogens is 407 g/mol. The Morgan fingerprint density at radius 2 is 1.73 bits per heavy atom. The number of benzene rings is 1. The minimum atomic E-state index is -3.62. The molecule has 3 aromatic rings. The van der Waals surface area contributed by atoms with Crippen LogP contribution in [0, 0.1) is 5.82 Å². The zero-order chi connectivity index (χ0) is 20.7. The minimum absolute atomic E-state index is 0.193. The molecule has 10 heteroatoms. The predicted molar refractivity (Wildman–Crippen MR) is 109 cm³/mol. The predicted octanol–water partition coefficient (Wildman–Crippen LogP) is 2.19. The van der Waals surface area contributed by atoms with Crippen molar-refractivity contribution in [1.82, 2.24) is 24.1 Å². The van der Waals surface area contributed by atoms with Crippen LogP contribution in [0.15, 0.2) is 53.9 Å². The highest BCUT2D eigenvalue weighted by Gasteiger charge is 2.33. The van der Waals surface area contributed by atoms with Gasteiger partial charge in [-0.3, -0.25) is 0 Å². The van der Waals surface area contributed by atoms with Crippen LogP contribution >= 0.6 is 0 Å². The van der Waals surface area contributed by atoms with Gasteiger partial charge in [-0.2, -0.15) is 9.40 Å². The van der Waals surface area contributed by atoms with E-state index in [1.165, 1.54) is 10.6 Å². The second-order valence-corrected chi connectivity index (χ2v) is 9.44. The molecule has 2 aliphatic rings. The first kappa shape index (κ1) is 19.1. The molecule has 0 atom stereocenters. The summed E-state index contributed by atoms with van der Waals surface area (Å²) in [4.78, 5) is 10.2. The molecule has 0 amide bonds. The van der Waals surface area contributed by atoms with Gasteiger partial charge in [0, 0.05) is 44.5 Å². The van der Waals surface area contributed by atoms with Crippen LogP contribution in [0.2, 0.25) is 0 Å². The number of hydrogen-bond acceptors (Lipinski definition) is 6. The largest absolute Gasteiger partial charge is 0.351 e. The van der Waals surface area contributed by atoms with E-state index in [2.05, 4.69) is 15.1 Å². The Balaban J connectivity index is 1.30. The molecule has 3 heterocycles. The topological polar surface area (TPSA) is 84.2 Å². The van der Waals surface area contributed by atoms with Crippen LogP contribution in [0.5, 0.6) is 0 Å². The van der Waals surface area contributed by atoms with Crippen LogP contribution in [0.3, 0.4) is 0 Å². The van der Waals surface area contributed by atoms with Gasteiger partial charge in [0.2, 0.25) is 10.0 Å². The summed E-state index contributed by atoms with van der Waals surface area (Å²) < 4.78 is 44.0. The van der Waals surface area contributed by atoms with Crippen molar-refractivity contribution < 1.29 is 12.8 Å². The van der Waals surface area contributed by atoms with Gasteiger partial charge in [-0.15, -0.1) is 0 Å². The van der Waals surface area contributed by atoms with Crippen molar-refractivity contribution in [1.29, 1.82) is 0 Å². The van der Waals surface area contributed by atoms with Crippen molar-refractivity contribution in [2.45, 2.75) is 23.7 Å². The monoisotopic (exact) mass is 428 g/mol. The summed E-state index contributed by atoms with van der Waals surface area (Å²) in [7, 11) is -3.62. The summed E-state index contributed by atoms with van der Waals surface area (Å²) in [5.41, 5.74) is 1.27. The molecule has 8 nitrogen and oxygen atoms in total. The minimum Gasteiger partial charge on any atom is -0.351 e. The van der Waals surface area contributed by atoms with Crippen LogP contribution in [0.1, 0.15) is 24.5 Å². The van der Waals surface area contributed by atoms with Crippen LogP contribution in [0.4, 0.5) is 10.2 Å². The number of hydrogen-bond donors (Lipinski definition) is 0. The fourth-order valence-corrected chi connectivity index (χ4v) is 5.14. The summed E-state index contributed by atoms with van der Waals surface area (Å²) >= 11 is 0. The molecule has 30 heavy (non-hydrogen) atoms. The molecular formula is C20H21FN6O2S. The van der Waals surface area contributed by atoms with E-state index in [-0.39, 0.29) is 35.5 Å². The molecule has 0 spiro atoms. The number of nitrogens with zero attached hydrogens (tertiary/aromatic N) is 6. The maximum Gasteiger partial charge on any atom is 0.243 e. The number of rotatable bonds is 5. The Bertz CT molecular complexity index is 1140. The third-order valence-electron chi connectivity index (χ3n) is 5.54. The van der Waals surface area contributed by atoms with Crippen LogP contribution in [-0.4, -0.2) is 58.7 Å². The van der Waals surface area contributed by atoms with E-state index in [0.29, 0.717) is 18.8 Å². The fourth-order valence-electron chi connectivity index (χ4n) is 3.72. The van der Waals surface area contributed by atoms with Crippen LogP contribution < -0.4 is 4.90 Å². The van der Waals surface area contributed by atoms with E-state index in [1.54, 1.807) is 52.3 Å². The zero-order valence-electron chi connectivity index (χ0n) is 16.2. The van der Waals surface area contributed by atoms with E-state index in [0.717, 1.165) is 18.5 Å². The molecule has 0 bridgehead atoms. The summed E-state index contributed by atoms with van der Waals surface area (Å²) in [5.74, 6) is 0.0937. The lowest BCUT2D eigenvalue weighted by atomic mass is 10.2. The highest BCUT2D eigenvalue weighted by molar-refractivity contribution is 7.89. The van der Waals surface area contributed by atoms with Crippen molar-refractivity contribution in [3.63, 3.8) is 0 Å². The first-order chi connectivity index (χ1) is 14.5. The smallest absolute Gasteiger partial charge is 0.243 e. The van der Waals surface area contributed by atoms with E-state index in [4.69, 9.17) is 0 Å². The molecule has 1 aliphatic carbocycles. The Hall–Kier alpha value is -2.85. The first-order valence-electron chi connectivity index (χ1n) is 9.89. The quantitative estimate of drug-likeness (QED) is 0.619. The van der Waals surface area contributed by atoms with Crippen molar-refractivity contribution in [2.24, 2.45) is 0 Å². The molecule has 1 saturated heterocycles. The van der Waals surface area contributed by atoms with Gasteiger partial charge in [-0.25, -0.2) is 27.5 Å². The molecule has 2 aromatic heterocycles. The molecule has 1 saturated carbocycles. The summed E-state index contributed by atoms with van der Waals surface area (Å²) in [6.07, 6.45) is 6.77. The number of piperazine rings is 1. The van der Waals surface area contributed by atoms with Gasteiger partial charge in [0.1, 0.15) is 6.33 Å². The molecule has 0 unspecified atom stereocenters. The number of aromatic nitrogens is 4. The first-order valence-corrected chi connectivity index (χ1v) is 11.3. The average Bonchev–Trinajstić information content (AvgIpc) is 3.47. The Morgan fingerprint density at radius 1 is 1.00 bits per heavy atom. The summed E-state index contributed by atoms with van der Waals surface area (Å²) in [6, 6.07) is 8.44. The third-order valence-corrected chi connectivity index (χ3v) is 7.46. The van der Waals surface area contributed by atoms with Crippen molar-refractivity contribution >= 4 is 15.8 Å². The Kier molecular flexibility index (Phi) is 4.75. The summed E-state index contributed by atoms with van der Waals surface area (Å²) in [6.45, 7) is 1.29. The number of sulfonamides is 1. The third kappa shape index (κ3) is 3.46. The van der Waals surface area contributed by atoms with E-state index < -0.39 is 10.0 Å². The van der Waals surface area contributed by atoms with Gasteiger partial charge in [-0.05, 0) is 43.2 Å².